The quantitative estimate of drug-likeness (QED) is 0.173. The van der Waals surface area contributed by atoms with Crippen molar-refractivity contribution in [2.75, 3.05) is 0 Å². The summed E-state index contributed by atoms with van der Waals surface area (Å²) < 4.78 is 2.32. The number of nitrogens with zero attached hydrogens (tertiary/aromatic N) is 3. The molecule has 0 amide bonds. The van der Waals surface area contributed by atoms with Gasteiger partial charge in [-0.25, -0.2) is 9.97 Å². The molecule has 12 rings (SSSR count). The molecule has 3 nitrogen and oxygen atoms in total. The van der Waals surface area contributed by atoms with Gasteiger partial charge in [0, 0.05) is 10.7 Å². The third kappa shape index (κ3) is 3.83. The highest BCUT2D eigenvalue weighted by Gasteiger charge is 2.49. The fraction of sp³-hybridized carbons (Fsp3) is 0.0612. The number of imidazole rings is 1. The predicted molar refractivity (Wildman–Crippen MR) is 221 cm³/mol. The Morgan fingerprint density at radius 1 is 0.453 bits per heavy atom. The first-order valence-electron chi connectivity index (χ1n) is 18.6. The molecule has 0 N–H and O–H groups in total. The minimum absolute atomic E-state index is 0.358. The first kappa shape index (κ1) is 29.2. The van der Waals surface area contributed by atoms with Gasteiger partial charge in [0.15, 0.2) is 0 Å². The third-order valence-electron chi connectivity index (χ3n) is 12.3. The summed E-state index contributed by atoms with van der Waals surface area (Å²) in [6, 6.07) is 50.0. The van der Waals surface area contributed by atoms with Crippen LogP contribution in [0.4, 0.5) is 0 Å². The van der Waals surface area contributed by atoms with Gasteiger partial charge in [0.1, 0.15) is 8.80 Å². The van der Waals surface area contributed by atoms with E-state index in [1.54, 1.807) is 0 Å². The number of aromatic nitrogens is 3. The van der Waals surface area contributed by atoms with Crippen LogP contribution < -0.4 is 5.32 Å². The van der Waals surface area contributed by atoms with Crippen LogP contribution in [0.15, 0.2) is 182 Å². The van der Waals surface area contributed by atoms with Crippen molar-refractivity contribution >= 4 is 41.8 Å². The molecule has 2 aromatic heterocycles. The van der Waals surface area contributed by atoms with E-state index in [2.05, 4.69) is 186 Å². The Labute approximate surface area is 309 Å². The second-order valence-electron chi connectivity index (χ2n) is 14.8. The molecule has 4 heteroatoms. The van der Waals surface area contributed by atoms with Crippen molar-refractivity contribution in [2.45, 2.75) is 16.5 Å². The number of benzene rings is 6. The van der Waals surface area contributed by atoms with E-state index < -0.39 is 14.2 Å². The van der Waals surface area contributed by atoms with E-state index in [-0.39, 0.29) is 0 Å². The maximum Gasteiger partial charge on any atom is 0.235 e. The van der Waals surface area contributed by atoms with E-state index in [1.165, 1.54) is 71.9 Å². The summed E-state index contributed by atoms with van der Waals surface area (Å²) in [5.74, 6) is 0.778. The molecule has 6 aromatic carbocycles. The summed E-state index contributed by atoms with van der Waals surface area (Å²) in [4.78, 5) is 10.8. The summed E-state index contributed by atoms with van der Waals surface area (Å²) in [7, 11) is -1.83. The highest BCUT2D eigenvalue weighted by atomic mass is 28.3. The molecule has 0 saturated heterocycles. The van der Waals surface area contributed by atoms with Crippen molar-refractivity contribution in [2.24, 2.45) is 0 Å². The van der Waals surface area contributed by atoms with E-state index in [0.717, 1.165) is 16.8 Å². The van der Waals surface area contributed by atoms with Gasteiger partial charge >= 0.3 is 0 Å². The fourth-order valence-corrected chi connectivity index (χ4v) is 13.8. The van der Waals surface area contributed by atoms with Crippen LogP contribution in [0.3, 0.4) is 0 Å². The van der Waals surface area contributed by atoms with Gasteiger partial charge in [-0.05, 0) is 91.0 Å². The molecular weight excluding hydrogens is 659 g/mol. The maximum absolute atomic E-state index is 5.61. The minimum Gasteiger partial charge on any atom is -0.276 e. The van der Waals surface area contributed by atoms with Crippen LogP contribution in [0, 0.1) is 0 Å². The van der Waals surface area contributed by atoms with E-state index >= 15 is 0 Å². The first-order valence-corrected chi connectivity index (χ1v) is 20.6. The first-order chi connectivity index (χ1) is 26.3. The maximum atomic E-state index is 5.61. The van der Waals surface area contributed by atoms with E-state index in [4.69, 9.17) is 9.97 Å². The Balaban J connectivity index is 1.26. The average molecular weight is 692 g/mol. The van der Waals surface area contributed by atoms with Crippen LogP contribution in [0.1, 0.15) is 22.3 Å². The van der Waals surface area contributed by atoms with Crippen molar-refractivity contribution in [3.05, 3.63) is 204 Å². The third-order valence-corrected chi connectivity index (χ3v) is 15.9. The molecule has 0 unspecified atom stereocenters. The normalized spacial score (nSPS) is 16.2. The van der Waals surface area contributed by atoms with Gasteiger partial charge in [-0.15, -0.1) is 0 Å². The monoisotopic (exact) mass is 691 g/mol. The Kier molecular flexibility index (Phi) is 5.97. The van der Waals surface area contributed by atoms with Crippen molar-refractivity contribution in [1.82, 2.24) is 14.4 Å². The topological polar surface area (TPSA) is 30.2 Å². The predicted octanol–water partition coefficient (Wildman–Crippen LogP) is 10.5. The molecule has 8 aromatic rings. The molecule has 2 heterocycles. The Morgan fingerprint density at radius 2 is 0.906 bits per heavy atom. The molecular formula is C49H33N3Si. The van der Waals surface area contributed by atoms with Gasteiger partial charge in [-0.2, -0.15) is 0 Å². The van der Waals surface area contributed by atoms with Crippen LogP contribution in [0.25, 0.3) is 61.1 Å². The van der Waals surface area contributed by atoms with Crippen LogP contribution in [0.2, 0.25) is 11.1 Å². The molecule has 4 aliphatic carbocycles. The van der Waals surface area contributed by atoms with Gasteiger partial charge < -0.3 is 0 Å². The second kappa shape index (κ2) is 10.8. The number of rotatable bonds is 3. The number of allylic oxidation sites excluding steroid dienone is 8. The molecule has 0 fully saturated rings. The molecule has 0 bridgehead atoms. The molecule has 0 saturated carbocycles. The van der Waals surface area contributed by atoms with Crippen LogP contribution in [-0.2, 0) is 5.41 Å². The van der Waals surface area contributed by atoms with Crippen LogP contribution in [0.5, 0.6) is 0 Å². The van der Waals surface area contributed by atoms with Crippen LogP contribution in [-0.4, -0.2) is 23.2 Å². The highest BCUT2D eigenvalue weighted by molar-refractivity contribution is 6.79. The average Bonchev–Trinajstić information content (AvgIpc) is 4.04. The van der Waals surface area contributed by atoms with E-state index in [9.17, 15) is 0 Å². The lowest BCUT2D eigenvalue weighted by Gasteiger charge is -2.35. The summed E-state index contributed by atoms with van der Waals surface area (Å²) in [5.41, 5.74) is 16.4. The highest BCUT2D eigenvalue weighted by Crippen LogP contribution is 2.61. The largest absolute Gasteiger partial charge is 0.276 e. The standard InChI is InChI=1S/C49H33N3Si/c1-2-16-31(15-1)53(32-17-3-4-18-32)47-39-29-37-35-21-7-11-25-42(35)49(40-23-9-5-19-33(40)34-20-6-10-24-41(34)49)43-26-12-8-22-36(43)38(37)30-46(39)52-45-28-14-13-27-44(45)50-48(52)51-47/h1-32,53H. The zero-order valence-corrected chi connectivity index (χ0v) is 30.0. The van der Waals surface area contributed by atoms with Crippen molar-refractivity contribution in [3.63, 3.8) is 0 Å². The fourth-order valence-electron chi connectivity index (χ4n) is 10.2. The lowest BCUT2D eigenvalue weighted by molar-refractivity contribution is 0.775. The molecule has 0 radical (unpaired) electrons. The van der Waals surface area contributed by atoms with Gasteiger partial charge in [0.05, 0.1) is 22.0 Å². The summed E-state index contributed by atoms with van der Waals surface area (Å²) >= 11 is 0. The Hall–Kier alpha value is -6.36. The van der Waals surface area contributed by atoms with Gasteiger partial charge in [0.2, 0.25) is 5.78 Å². The Morgan fingerprint density at radius 3 is 1.45 bits per heavy atom. The van der Waals surface area contributed by atoms with Gasteiger partial charge in [-0.1, -0.05) is 158 Å². The minimum atomic E-state index is -1.83. The lowest BCUT2D eigenvalue weighted by atomic mass is 9.66. The van der Waals surface area contributed by atoms with E-state index in [1.807, 2.05) is 0 Å². The molecule has 53 heavy (non-hydrogen) atoms. The number of hydrogen-bond acceptors (Lipinski definition) is 2. The zero-order chi connectivity index (χ0) is 34.7. The molecule has 4 aliphatic rings. The van der Waals surface area contributed by atoms with Crippen LogP contribution >= 0.6 is 0 Å². The van der Waals surface area contributed by atoms with Crippen molar-refractivity contribution in [3.8, 4) is 33.4 Å². The zero-order valence-electron chi connectivity index (χ0n) is 28.9. The summed E-state index contributed by atoms with van der Waals surface area (Å²) in [5, 5.41) is 2.46. The molecule has 1 spiro atoms. The van der Waals surface area contributed by atoms with Crippen molar-refractivity contribution in [1.29, 1.82) is 0 Å². The van der Waals surface area contributed by atoms with Gasteiger partial charge in [0.25, 0.3) is 0 Å². The van der Waals surface area contributed by atoms with E-state index in [0.29, 0.717) is 11.1 Å². The lowest BCUT2D eigenvalue weighted by Crippen LogP contribution is -2.40. The smallest absolute Gasteiger partial charge is 0.235 e. The summed E-state index contributed by atoms with van der Waals surface area (Å²) in [6.45, 7) is 0. The number of para-hydroxylation sites is 2. The molecule has 0 aliphatic heterocycles. The second-order valence-corrected chi connectivity index (χ2v) is 17.9. The van der Waals surface area contributed by atoms with Crippen molar-refractivity contribution < 1.29 is 0 Å². The SMILES string of the molecule is C1=CC([SiH](c2nc3nc4ccccc4n3c3cc4c(cc23)-c2ccccc2C2(c3ccccc3-4)c3ccccc3-c3ccccc32)C2C=CC=C2)C=C1. The summed E-state index contributed by atoms with van der Waals surface area (Å²) in [6.07, 6.45) is 18.4. The molecule has 0 atom stereocenters. The molecule has 248 valence electrons. The Bertz CT molecular complexity index is 2900. The number of fused-ring (bicyclic) bond motifs is 17. The number of hydrogen-bond donors (Lipinski definition) is 0. The van der Waals surface area contributed by atoms with Gasteiger partial charge in [-0.3, -0.25) is 4.40 Å².